The average Bonchev–Trinajstić information content (AvgIpc) is 3.13. The lowest BCUT2D eigenvalue weighted by atomic mass is 9.87. The molecule has 2 aromatic heterocycles. The molecule has 154 valence electrons. The maximum atomic E-state index is 13.0. The lowest BCUT2D eigenvalue weighted by Gasteiger charge is -2.19. The summed E-state index contributed by atoms with van der Waals surface area (Å²) in [4.78, 5) is 0.183. The zero-order chi connectivity index (χ0) is 21.5. The van der Waals surface area contributed by atoms with Crippen LogP contribution < -0.4 is 4.72 Å². The molecule has 0 radical (unpaired) electrons. The lowest BCUT2D eigenvalue weighted by Crippen LogP contribution is -2.15. The zero-order valence-electron chi connectivity index (χ0n) is 16.8. The topological polar surface area (TPSA) is 76.4 Å². The van der Waals surface area contributed by atoms with Crippen LogP contribution in [-0.2, 0) is 15.4 Å². The Morgan fingerprint density at radius 1 is 0.967 bits per heavy atom. The number of anilines is 1. The normalized spacial score (nSPS) is 12.3. The van der Waals surface area contributed by atoms with Crippen LogP contribution >= 0.6 is 11.6 Å². The quantitative estimate of drug-likeness (QED) is 0.476. The van der Waals surface area contributed by atoms with Crippen LogP contribution in [-0.4, -0.2) is 23.0 Å². The van der Waals surface area contributed by atoms with Crippen molar-refractivity contribution in [2.45, 2.75) is 31.1 Å². The molecule has 30 heavy (non-hydrogen) atoms. The van der Waals surface area contributed by atoms with Gasteiger partial charge in [0, 0.05) is 16.8 Å². The number of hydrogen-bond acceptors (Lipinski definition) is 4. The number of nitrogens with zero attached hydrogens (tertiary/aromatic N) is 3. The standard InChI is InChI=1S/C22H21ClN4O2S/c1-22(2,3)15-7-10-17(11-8-15)30(28,29)26-19-12-9-16(23)14-18(19)21-25-24-20-6-4-5-13-27(20)21/h4-14,26H,1-3H3. The van der Waals surface area contributed by atoms with Crippen molar-refractivity contribution in [3.63, 3.8) is 0 Å². The van der Waals surface area contributed by atoms with Gasteiger partial charge in [-0.15, -0.1) is 10.2 Å². The largest absolute Gasteiger partial charge is 0.282 e. The molecule has 0 amide bonds. The van der Waals surface area contributed by atoms with E-state index in [0.29, 0.717) is 27.7 Å². The fourth-order valence-electron chi connectivity index (χ4n) is 3.15. The lowest BCUT2D eigenvalue weighted by molar-refractivity contribution is 0.587. The second kappa shape index (κ2) is 7.41. The van der Waals surface area contributed by atoms with Crippen LogP contribution in [0.3, 0.4) is 0 Å². The Morgan fingerprint density at radius 3 is 2.40 bits per heavy atom. The van der Waals surface area contributed by atoms with Crippen LogP contribution in [0, 0.1) is 0 Å². The van der Waals surface area contributed by atoms with Gasteiger partial charge in [-0.3, -0.25) is 9.12 Å². The van der Waals surface area contributed by atoms with Crippen molar-refractivity contribution in [1.29, 1.82) is 0 Å². The molecule has 0 aliphatic carbocycles. The summed E-state index contributed by atoms with van der Waals surface area (Å²) in [7, 11) is -3.81. The Hall–Kier alpha value is -2.90. The van der Waals surface area contributed by atoms with E-state index >= 15 is 0 Å². The number of nitrogens with one attached hydrogen (secondary N) is 1. The van der Waals surface area contributed by atoms with Gasteiger partial charge >= 0.3 is 0 Å². The van der Waals surface area contributed by atoms with Crippen molar-refractivity contribution >= 4 is 33.0 Å². The number of fused-ring (bicyclic) bond motifs is 1. The molecule has 0 saturated heterocycles. The van der Waals surface area contributed by atoms with E-state index in [0.717, 1.165) is 5.56 Å². The van der Waals surface area contributed by atoms with E-state index in [1.54, 1.807) is 34.7 Å². The summed E-state index contributed by atoms with van der Waals surface area (Å²) in [6, 6.07) is 17.4. The van der Waals surface area contributed by atoms with Crippen molar-refractivity contribution < 1.29 is 8.42 Å². The molecule has 0 saturated carbocycles. The van der Waals surface area contributed by atoms with E-state index in [2.05, 4.69) is 35.7 Å². The molecule has 0 spiro atoms. The number of sulfonamides is 1. The highest BCUT2D eigenvalue weighted by atomic mass is 35.5. The van der Waals surface area contributed by atoms with Gasteiger partial charge in [-0.2, -0.15) is 0 Å². The minimum atomic E-state index is -3.81. The van der Waals surface area contributed by atoms with Crippen molar-refractivity contribution in [3.8, 4) is 11.4 Å². The Kier molecular flexibility index (Phi) is 5.03. The molecule has 0 aliphatic heterocycles. The highest BCUT2D eigenvalue weighted by molar-refractivity contribution is 7.92. The fraction of sp³-hybridized carbons (Fsp3) is 0.182. The summed E-state index contributed by atoms with van der Waals surface area (Å²) >= 11 is 6.20. The molecule has 4 aromatic rings. The van der Waals surface area contributed by atoms with E-state index in [4.69, 9.17) is 11.6 Å². The van der Waals surface area contributed by atoms with Crippen molar-refractivity contribution in [3.05, 3.63) is 77.4 Å². The molecule has 4 rings (SSSR count). The maximum Gasteiger partial charge on any atom is 0.261 e. The molecular weight excluding hydrogens is 420 g/mol. The molecule has 0 aliphatic rings. The van der Waals surface area contributed by atoms with Crippen LogP contribution in [0.2, 0.25) is 5.02 Å². The van der Waals surface area contributed by atoms with E-state index in [-0.39, 0.29) is 10.3 Å². The van der Waals surface area contributed by atoms with Crippen LogP contribution in [0.1, 0.15) is 26.3 Å². The van der Waals surface area contributed by atoms with Crippen LogP contribution in [0.4, 0.5) is 5.69 Å². The van der Waals surface area contributed by atoms with E-state index in [1.807, 2.05) is 36.5 Å². The molecule has 0 fully saturated rings. The Balaban J connectivity index is 1.75. The molecule has 0 unspecified atom stereocenters. The third-order valence-corrected chi connectivity index (χ3v) is 6.43. The van der Waals surface area contributed by atoms with E-state index in [9.17, 15) is 8.42 Å². The van der Waals surface area contributed by atoms with Gasteiger partial charge < -0.3 is 0 Å². The first-order valence-electron chi connectivity index (χ1n) is 9.38. The van der Waals surface area contributed by atoms with Gasteiger partial charge in [0.1, 0.15) is 0 Å². The molecule has 0 atom stereocenters. The first-order chi connectivity index (χ1) is 14.1. The van der Waals surface area contributed by atoms with Crippen molar-refractivity contribution in [1.82, 2.24) is 14.6 Å². The summed E-state index contributed by atoms with van der Waals surface area (Å²) in [5.74, 6) is 0.494. The number of halogens is 1. The van der Waals surface area contributed by atoms with Gasteiger partial charge in [0.2, 0.25) is 0 Å². The predicted octanol–water partition coefficient (Wildman–Crippen LogP) is 5.15. The third kappa shape index (κ3) is 3.91. The van der Waals surface area contributed by atoms with Gasteiger partial charge in [-0.1, -0.05) is 50.6 Å². The van der Waals surface area contributed by atoms with E-state index in [1.165, 1.54) is 0 Å². The first kappa shape index (κ1) is 20.4. The Bertz CT molecular complexity index is 1320. The number of benzene rings is 2. The average molecular weight is 441 g/mol. The summed E-state index contributed by atoms with van der Waals surface area (Å²) in [5, 5.41) is 8.84. The molecule has 6 nitrogen and oxygen atoms in total. The Morgan fingerprint density at radius 2 is 1.70 bits per heavy atom. The maximum absolute atomic E-state index is 13.0. The van der Waals surface area contributed by atoms with Gasteiger partial charge in [0.05, 0.1) is 10.6 Å². The number of pyridine rings is 1. The highest BCUT2D eigenvalue weighted by Gasteiger charge is 2.21. The number of aromatic nitrogens is 3. The van der Waals surface area contributed by atoms with Crippen LogP contribution in [0.5, 0.6) is 0 Å². The van der Waals surface area contributed by atoms with Gasteiger partial charge in [0.25, 0.3) is 10.0 Å². The minimum Gasteiger partial charge on any atom is -0.282 e. The SMILES string of the molecule is CC(C)(C)c1ccc(S(=O)(=O)Nc2ccc(Cl)cc2-c2nnc3ccccn23)cc1. The first-order valence-corrected chi connectivity index (χ1v) is 11.2. The van der Waals surface area contributed by atoms with Gasteiger partial charge in [0.15, 0.2) is 11.5 Å². The highest BCUT2D eigenvalue weighted by Crippen LogP contribution is 2.32. The summed E-state index contributed by atoms with van der Waals surface area (Å²) < 4.78 is 30.5. The second-order valence-corrected chi connectivity index (χ2v) is 10.1. The molecule has 2 heterocycles. The second-order valence-electron chi connectivity index (χ2n) is 8.02. The summed E-state index contributed by atoms with van der Waals surface area (Å²) in [6.07, 6.45) is 1.81. The smallest absolute Gasteiger partial charge is 0.261 e. The molecule has 8 heteroatoms. The summed E-state index contributed by atoms with van der Waals surface area (Å²) in [6.45, 7) is 6.24. The monoisotopic (exact) mass is 440 g/mol. The van der Waals surface area contributed by atoms with Crippen molar-refractivity contribution in [2.24, 2.45) is 0 Å². The molecule has 0 bridgehead atoms. The Labute approximate surface area is 180 Å². The van der Waals surface area contributed by atoms with Crippen LogP contribution in [0.25, 0.3) is 17.0 Å². The summed E-state index contributed by atoms with van der Waals surface area (Å²) in [5.41, 5.74) is 2.56. The number of hydrogen-bond donors (Lipinski definition) is 1. The van der Waals surface area contributed by atoms with E-state index < -0.39 is 10.0 Å². The number of rotatable bonds is 4. The molecule has 1 N–H and O–H groups in total. The molecule has 2 aromatic carbocycles. The van der Waals surface area contributed by atoms with Gasteiger partial charge in [-0.25, -0.2) is 8.42 Å². The third-order valence-electron chi connectivity index (χ3n) is 4.81. The predicted molar refractivity (Wildman–Crippen MR) is 119 cm³/mol. The minimum absolute atomic E-state index is 0.0617. The fourth-order valence-corrected chi connectivity index (χ4v) is 4.41. The van der Waals surface area contributed by atoms with Crippen LogP contribution in [0.15, 0.2) is 71.8 Å². The van der Waals surface area contributed by atoms with Crippen molar-refractivity contribution in [2.75, 3.05) is 4.72 Å². The zero-order valence-corrected chi connectivity index (χ0v) is 18.4. The molecular formula is C22H21ClN4O2S. The van der Waals surface area contributed by atoms with Gasteiger partial charge in [-0.05, 0) is 53.4 Å².